The quantitative estimate of drug-likeness (QED) is 0.735. The van der Waals surface area contributed by atoms with Crippen molar-refractivity contribution in [2.24, 2.45) is 0 Å². The van der Waals surface area contributed by atoms with E-state index < -0.39 is 0 Å². The smallest absolute Gasteiger partial charge is 0.136 e. The monoisotopic (exact) mass is 294 g/mol. The van der Waals surface area contributed by atoms with Gasteiger partial charge in [0.1, 0.15) is 11.6 Å². The van der Waals surface area contributed by atoms with Crippen LogP contribution in [0.15, 0.2) is 52.3 Å². The van der Waals surface area contributed by atoms with Gasteiger partial charge in [-0.05, 0) is 29.8 Å². The van der Waals surface area contributed by atoms with Crippen molar-refractivity contribution in [3.05, 3.63) is 59.7 Å². The normalized spacial score (nSPS) is 17.5. The fourth-order valence-corrected chi connectivity index (χ4v) is 4.63. The first-order valence-electron chi connectivity index (χ1n) is 6.03. The largest absolute Gasteiger partial charge is 0.207 e. The Balaban J connectivity index is 1.72. The summed E-state index contributed by atoms with van der Waals surface area (Å²) >= 11 is 3.23. The van der Waals surface area contributed by atoms with Crippen LogP contribution in [-0.2, 0) is 0 Å². The van der Waals surface area contributed by atoms with Gasteiger partial charge in [-0.3, -0.25) is 0 Å². The van der Waals surface area contributed by atoms with Gasteiger partial charge >= 0.3 is 0 Å². The van der Waals surface area contributed by atoms with Crippen LogP contribution in [0.5, 0.6) is 0 Å². The zero-order chi connectivity index (χ0) is 13.2. The van der Waals surface area contributed by atoms with Crippen molar-refractivity contribution in [1.29, 1.82) is 0 Å². The van der Waals surface area contributed by atoms with Crippen LogP contribution in [0.1, 0.15) is 11.5 Å². The van der Waals surface area contributed by atoms with Gasteiger partial charge in [0.05, 0.1) is 0 Å². The van der Waals surface area contributed by atoms with Crippen molar-refractivity contribution in [2.75, 3.05) is 11.5 Å². The van der Waals surface area contributed by atoms with Crippen LogP contribution < -0.4 is 0 Å². The number of hydrogen-bond acceptors (Lipinski definition) is 2. The Hall–Kier alpha value is -1.00. The molecule has 0 saturated carbocycles. The molecule has 0 bridgehead atoms. The predicted octanol–water partition coefficient (Wildman–Crippen LogP) is 4.95. The Labute approximate surface area is 119 Å². The highest BCUT2D eigenvalue weighted by atomic mass is 32.2. The van der Waals surface area contributed by atoms with Gasteiger partial charge in [-0.25, -0.2) is 8.78 Å². The maximum absolute atomic E-state index is 13.5. The van der Waals surface area contributed by atoms with Gasteiger partial charge in [-0.15, -0.1) is 23.5 Å². The predicted molar refractivity (Wildman–Crippen MR) is 77.0 cm³/mol. The minimum absolute atomic E-state index is 0.342. The fraction of sp³-hybridized carbons (Fsp3) is 0.200. The van der Waals surface area contributed by atoms with Crippen molar-refractivity contribution in [2.45, 2.75) is 15.7 Å². The minimum Gasteiger partial charge on any atom is -0.207 e. The molecule has 1 aliphatic heterocycles. The second-order valence-corrected chi connectivity index (χ2v) is 6.56. The lowest BCUT2D eigenvalue weighted by Gasteiger charge is -2.10. The van der Waals surface area contributed by atoms with E-state index in [0.717, 1.165) is 17.6 Å². The van der Waals surface area contributed by atoms with Gasteiger partial charge in [-0.1, -0.05) is 18.2 Å². The summed E-state index contributed by atoms with van der Waals surface area (Å²) in [5.74, 6) is 1.48. The van der Waals surface area contributed by atoms with Crippen LogP contribution in [0, 0.1) is 11.6 Å². The van der Waals surface area contributed by atoms with E-state index in [4.69, 9.17) is 0 Å². The van der Waals surface area contributed by atoms with Gasteiger partial charge in [-0.2, -0.15) is 0 Å². The molecule has 0 saturated heterocycles. The van der Waals surface area contributed by atoms with Crippen molar-refractivity contribution >= 4 is 23.5 Å². The summed E-state index contributed by atoms with van der Waals surface area (Å²) in [4.78, 5) is 1.71. The number of benzene rings is 2. The molecule has 0 spiro atoms. The number of thioether (sulfide) groups is 2. The molecular weight excluding hydrogens is 282 g/mol. The second-order valence-electron chi connectivity index (χ2n) is 4.43. The van der Waals surface area contributed by atoms with Crippen LogP contribution in [0.2, 0.25) is 0 Å². The van der Waals surface area contributed by atoms with Gasteiger partial charge in [0.15, 0.2) is 0 Å². The summed E-state index contributed by atoms with van der Waals surface area (Å²) in [5.41, 5.74) is 1.33. The second kappa shape index (κ2) is 5.55. The molecule has 2 aromatic rings. The van der Waals surface area contributed by atoms with E-state index in [9.17, 15) is 8.78 Å². The lowest BCUT2D eigenvalue weighted by atomic mass is 10.0. The molecule has 98 valence electrons. The molecule has 0 amide bonds. The number of rotatable bonds is 3. The molecule has 3 rings (SSSR count). The average molecular weight is 294 g/mol. The highest BCUT2D eigenvalue weighted by Gasteiger charge is 2.23. The Morgan fingerprint density at radius 2 is 2.00 bits per heavy atom. The molecular formula is C15H12F2S2. The summed E-state index contributed by atoms with van der Waals surface area (Å²) in [6, 6.07) is 11.9. The van der Waals surface area contributed by atoms with Crippen LogP contribution in [0.25, 0.3) is 0 Å². The Bertz CT molecular complexity index is 598. The van der Waals surface area contributed by atoms with Gasteiger partial charge < -0.3 is 0 Å². The topological polar surface area (TPSA) is 0 Å². The molecule has 1 heterocycles. The number of halogens is 2. The molecule has 2 aromatic carbocycles. The third-order valence-corrected chi connectivity index (χ3v) is 5.58. The van der Waals surface area contributed by atoms with E-state index >= 15 is 0 Å². The Morgan fingerprint density at radius 1 is 1.16 bits per heavy atom. The maximum Gasteiger partial charge on any atom is 0.136 e. The molecule has 0 fully saturated rings. The molecule has 19 heavy (non-hydrogen) atoms. The van der Waals surface area contributed by atoms with E-state index in [1.165, 1.54) is 34.4 Å². The summed E-state index contributed by atoms with van der Waals surface area (Å²) in [6.45, 7) is 0. The van der Waals surface area contributed by atoms with Crippen molar-refractivity contribution in [3.8, 4) is 0 Å². The highest BCUT2D eigenvalue weighted by Crippen LogP contribution is 2.41. The molecule has 0 N–H and O–H groups in total. The third kappa shape index (κ3) is 2.79. The van der Waals surface area contributed by atoms with Gasteiger partial charge in [0.2, 0.25) is 0 Å². The minimum atomic E-state index is -0.384. The average Bonchev–Trinajstić information content (AvgIpc) is 2.83. The lowest BCUT2D eigenvalue weighted by molar-refractivity contribution is 0.577. The lowest BCUT2D eigenvalue weighted by Crippen LogP contribution is -2.00. The van der Waals surface area contributed by atoms with Crippen LogP contribution in [-0.4, -0.2) is 11.5 Å². The Kier molecular flexibility index (Phi) is 3.80. The molecule has 1 aliphatic rings. The van der Waals surface area contributed by atoms with Crippen molar-refractivity contribution in [3.63, 3.8) is 0 Å². The maximum atomic E-state index is 13.5. The van der Waals surface area contributed by atoms with Gasteiger partial charge in [0, 0.05) is 27.2 Å². The molecule has 0 aromatic heterocycles. The molecule has 0 aliphatic carbocycles. The summed E-state index contributed by atoms with van der Waals surface area (Å²) < 4.78 is 26.6. The van der Waals surface area contributed by atoms with Crippen molar-refractivity contribution in [1.82, 2.24) is 0 Å². The number of fused-ring (bicyclic) bond motifs is 1. The van der Waals surface area contributed by atoms with E-state index in [1.54, 1.807) is 0 Å². The standard InChI is InChI=1S/C15H12F2S2/c16-11-5-6-13(17)15(7-11)19-9-10-8-18-14-4-2-1-3-12(10)14/h1-7,10H,8-9H2. The molecule has 1 atom stereocenters. The SMILES string of the molecule is Fc1ccc(F)c(SCC2CSc3ccccc32)c1. The van der Waals surface area contributed by atoms with Crippen LogP contribution >= 0.6 is 23.5 Å². The van der Waals surface area contributed by atoms with E-state index in [2.05, 4.69) is 12.1 Å². The van der Waals surface area contributed by atoms with E-state index in [1.807, 2.05) is 23.9 Å². The zero-order valence-electron chi connectivity index (χ0n) is 10.1. The Morgan fingerprint density at radius 3 is 2.89 bits per heavy atom. The summed E-state index contributed by atoms with van der Waals surface area (Å²) in [5, 5.41) is 0. The molecule has 0 radical (unpaired) electrons. The number of hydrogen-bond donors (Lipinski definition) is 0. The van der Waals surface area contributed by atoms with E-state index in [0.29, 0.717) is 10.8 Å². The van der Waals surface area contributed by atoms with Crippen LogP contribution in [0.4, 0.5) is 8.78 Å². The summed E-state index contributed by atoms with van der Waals surface area (Å²) in [7, 11) is 0. The third-order valence-electron chi connectivity index (χ3n) is 3.13. The summed E-state index contributed by atoms with van der Waals surface area (Å²) in [6.07, 6.45) is 0. The molecule has 1 unspecified atom stereocenters. The molecule has 0 nitrogen and oxygen atoms in total. The first-order valence-corrected chi connectivity index (χ1v) is 8.01. The van der Waals surface area contributed by atoms with Gasteiger partial charge in [0.25, 0.3) is 0 Å². The first kappa shape index (κ1) is 13.0. The van der Waals surface area contributed by atoms with Crippen molar-refractivity contribution < 1.29 is 8.78 Å². The van der Waals surface area contributed by atoms with E-state index in [-0.39, 0.29) is 11.6 Å². The first-order chi connectivity index (χ1) is 9.24. The molecule has 4 heteroatoms. The highest BCUT2D eigenvalue weighted by molar-refractivity contribution is 8.00. The van der Waals surface area contributed by atoms with Crippen LogP contribution in [0.3, 0.4) is 0 Å². The zero-order valence-corrected chi connectivity index (χ0v) is 11.7. The fourth-order valence-electron chi connectivity index (χ4n) is 2.15.